The summed E-state index contributed by atoms with van der Waals surface area (Å²) in [5.74, 6) is 1.16. The highest BCUT2D eigenvalue weighted by Crippen LogP contribution is 2.31. The summed E-state index contributed by atoms with van der Waals surface area (Å²) >= 11 is 1.78. The van der Waals surface area contributed by atoms with E-state index >= 15 is 0 Å². The van der Waals surface area contributed by atoms with Crippen LogP contribution in [0.3, 0.4) is 0 Å². The first-order valence-corrected chi connectivity index (χ1v) is 8.24. The highest BCUT2D eigenvalue weighted by molar-refractivity contribution is 7.99. The van der Waals surface area contributed by atoms with Gasteiger partial charge in [0, 0.05) is 40.1 Å². The molecule has 1 aliphatic heterocycles. The number of hydrogen-bond acceptors (Lipinski definition) is 3. The van der Waals surface area contributed by atoms with Gasteiger partial charge in [0.1, 0.15) is 0 Å². The van der Waals surface area contributed by atoms with Crippen molar-refractivity contribution in [2.75, 3.05) is 5.75 Å². The average Bonchev–Trinajstić information content (AvgIpc) is 2.56. The molecule has 1 aromatic carbocycles. The largest absolute Gasteiger partial charge is 0.372 e. The van der Waals surface area contributed by atoms with Gasteiger partial charge in [-0.05, 0) is 46.2 Å². The second kappa shape index (κ2) is 6.49. The first-order valence-electron chi connectivity index (χ1n) is 7.25. The molecule has 0 aliphatic carbocycles. The number of benzene rings is 1. The lowest BCUT2D eigenvalue weighted by molar-refractivity contribution is 0.102. The van der Waals surface area contributed by atoms with Gasteiger partial charge in [-0.1, -0.05) is 12.1 Å². The van der Waals surface area contributed by atoms with Gasteiger partial charge >= 0.3 is 0 Å². The third kappa shape index (κ3) is 3.26. The molecule has 0 amide bonds. The van der Waals surface area contributed by atoms with Crippen molar-refractivity contribution in [2.45, 2.75) is 51.1 Å². The molecule has 3 heteroatoms. The molecule has 1 heterocycles. The molecule has 0 N–H and O–H groups in total. The van der Waals surface area contributed by atoms with Crippen molar-refractivity contribution >= 4 is 17.5 Å². The van der Waals surface area contributed by atoms with E-state index in [2.05, 4.69) is 38.8 Å². The fraction of sp³-hybridized carbons (Fsp3) is 0.471. The quantitative estimate of drug-likeness (QED) is 0.771. The fourth-order valence-corrected chi connectivity index (χ4v) is 3.57. The number of carbonyl (C=O) groups excluding carboxylic acids is 1. The summed E-state index contributed by atoms with van der Waals surface area (Å²) in [5, 5.41) is 0. The van der Waals surface area contributed by atoms with E-state index in [1.165, 1.54) is 0 Å². The number of Topliss-reactive ketones (excluding diaryl/α,β-unsaturated/α-hetero) is 1. The van der Waals surface area contributed by atoms with Gasteiger partial charge in [-0.2, -0.15) is 0 Å². The Bertz CT molecular complexity index is 511. The maximum absolute atomic E-state index is 12.7. The first kappa shape index (κ1) is 15.2. The Labute approximate surface area is 126 Å². The zero-order chi connectivity index (χ0) is 14.7. The van der Waals surface area contributed by atoms with Gasteiger partial charge < -0.3 is 4.90 Å². The predicted octanol–water partition coefficient (Wildman–Crippen LogP) is 4.37. The van der Waals surface area contributed by atoms with Crippen molar-refractivity contribution in [3.8, 4) is 0 Å². The number of nitrogens with zero attached hydrogens (tertiary/aromatic N) is 1. The van der Waals surface area contributed by atoms with Crippen LogP contribution in [0.4, 0.5) is 0 Å². The minimum Gasteiger partial charge on any atom is -0.372 e. The fourth-order valence-electron chi connectivity index (χ4n) is 2.54. The van der Waals surface area contributed by atoms with Crippen molar-refractivity contribution < 1.29 is 4.79 Å². The standard InChI is InChI=1S/C17H23NOS/c1-12(2)18(13(3)4)11-14-9-10-20-16-8-6-5-7-15(16)17(14)19/h5-8,11-13H,9-10H2,1-4H3/b14-11+. The molecule has 0 unspecified atom stereocenters. The van der Waals surface area contributed by atoms with Crippen LogP contribution in [0.1, 0.15) is 44.5 Å². The normalized spacial score (nSPS) is 17.5. The Balaban J connectivity index is 2.36. The first-order chi connectivity index (χ1) is 9.50. The predicted molar refractivity (Wildman–Crippen MR) is 86.3 cm³/mol. The lowest BCUT2D eigenvalue weighted by atomic mass is 10.0. The molecule has 0 saturated carbocycles. The van der Waals surface area contributed by atoms with Crippen LogP contribution < -0.4 is 0 Å². The van der Waals surface area contributed by atoms with Crippen LogP contribution >= 0.6 is 11.8 Å². The zero-order valence-electron chi connectivity index (χ0n) is 12.7. The number of ketones is 1. The molecule has 1 aromatic rings. The third-order valence-corrected chi connectivity index (χ3v) is 4.63. The summed E-state index contributed by atoms with van der Waals surface area (Å²) in [6.07, 6.45) is 2.93. The van der Waals surface area contributed by atoms with Crippen LogP contribution in [0.15, 0.2) is 40.9 Å². The Morgan fingerprint density at radius 1 is 1.15 bits per heavy atom. The van der Waals surface area contributed by atoms with E-state index in [0.29, 0.717) is 12.1 Å². The number of rotatable bonds is 3. The Morgan fingerprint density at radius 2 is 1.80 bits per heavy atom. The van der Waals surface area contributed by atoms with Gasteiger partial charge in [-0.3, -0.25) is 4.79 Å². The van der Waals surface area contributed by atoms with Gasteiger partial charge in [0.2, 0.25) is 0 Å². The summed E-state index contributed by atoms with van der Waals surface area (Å²) in [7, 11) is 0. The lowest BCUT2D eigenvalue weighted by Gasteiger charge is -2.30. The lowest BCUT2D eigenvalue weighted by Crippen LogP contribution is -2.33. The number of thioether (sulfide) groups is 1. The van der Waals surface area contributed by atoms with Crippen LogP contribution in [0, 0.1) is 0 Å². The van der Waals surface area contributed by atoms with E-state index < -0.39 is 0 Å². The maximum Gasteiger partial charge on any atom is 0.191 e. The molecular weight excluding hydrogens is 266 g/mol. The summed E-state index contributed by atoms with van der Waals surface area (Å²) < 4.78 is 0. The number of hydrogen-bond donors (Lipinski definition) is 0. The number of carbonyl (C=O) groups is 1. The molecule has 2 rings (SSSR count). The Hall–Kier alpha value is -1.22. The van der Waals surface area contributed by atoms with Gasteiger partial charge in [0.25, 0.3) is 0 Å². The van der Waals surface area contributed by atoms with E-state index in [1.54, 1.807) is 11.8 Å². The summed E-state index contributed by atoms with van der Waals surface area (Å²) in [6, 6.07) is 8.75. The smallest absolute Gasteiger partial charge is 0.191 e. The molecule has 0 spiro atoms. The van der Waals surface area contributed by atoms with Gasteiger partial charge in [-0.25, -0.2) is 0 Å². The van der Waals surface area contributed by atoms with Gasteiger partial charge in [0.15, 0.2) is 5.78 Å². The van der Waals surface area contributed by atoms with Crippen molar-refractivity contribution in [1.29, 1.82) is 0 Å². The summed E-state index contributed by atoms with van der Waals surface area (Å²) in [4.78, 5) is 16.1. The van der Waals surface area contributed by atoms with E-state index in [4.69, 9.17) is 0 Å². The highest BCUT2D eigenvalue weighted by Gasteiger charge is 2.21. The van der Waals surface area contributed by atoms with E-state index in [9.17, 15) is 4.79 Å². The second-order valence-electron chi connectivity index (χ2n) is 5.71. The molecular formula is C17H23NOS. The molecule has 1 aliphatic rings. The summed E-state index contributed by atoms with van der Waals surface area (Å²) in [6.45, 7) is 8.67. The molecule has 108 valence electrons. The Morgan fingerprint density at radius 3 is 2.45 bits per heavy atom. The van der Waals surface area contributed by atoms with Crippen molar-refractivity contribution in [1.82, 2.24) is 4.90 Å². The number of fused-ring (bicyclic) bond motifs is 1. The van der Waals surface area contributed by atoms with E-state index in [1.807, 2.05) is 24.3 Å². The van der Waals surface area contributed by atoms with E-state index in [-0.39, 0.29) is 5.78 Å². The van der Waals surface area contributed by atoms with Crippen LogP contribution in [-0.2, 0) is 0 Å². The zero-order valence-corrected chi connectivity index (χ0v) is 13.5. The van der Waals surface area contributed by atoms with Gasteiger partial charge in [-0.15, -0.1) is 11.8 Å². The molecule has 0 aromatic heterocycles. The molecule has 0 bridgehead atoms. The van der Waals surface area contributed by atoms with Crippen LogP contribution in [0.5, 0.6) is 0 Å². The van der Waals surface area contributed by atoms with Crippen molar-refractivity contribution in [2.24, 2.45) is 0 Å². The minimum atomic E-state index is 0.192. The molecule has 0 radical (unpaired) electrons. The Kier molecular flexibility index (Phi) is 4.92. The van der Waals surface area contributed by atoms with Crippen LogP contribution in [0.2, 0.25) is 0 Å². The molecule has 0 fully saturated rings. The van der Waals surface area contributed by atoms with E-state index in [0.717, 1.165) is 28.2 Å². The SMILES string of the molecule is CC(C)N(/C=C1\CCSc2ccccc2C1=O)C(C)C. The van der Waals surface area contributed by atoms with Crippen LogP contribution in [0.25, 0.3) is 0 Å². The van der Waals surface area contributed by atoms with Gasteiger partial charge in [0.05, 0.1) is 0 Å². The van der Waals surface area contributed by atoms with Crippen molar-refractivity contribution in [3.63, 3.8) is 0 Å². The summed E-state index contributed by atoms with van der Waals surface area (Å²) in [5.41, 5.74) is 1.79. The maximum atomic E-state index is 12.7. The molecule has 20 heavy (non-hydrogen) atoms. The highest BCUT2D eigenvalue weighted by atomic mass is 32.2. The average molecular weight is 289 g/mol. The second-order valence-corrected chi connectivity index (χ2v) is 6.85. The monoisotopic (exact) mass is 289 g/mol. The molecule has 2 nitrogen and oxygen atoms in total. The topological polar surface area (TPSA) is 20.3 Å². The molecule has 0 atom stereocenters. The van der Waals surface area contributed by atoms with Crippen molar-refractivity contribution in [3.05, 3.63) is 41.6 Å². The molecule has 0 saturated heterocycles. The number of allylic oxidation sites excluding steroid dienone is 1. The minimum absolute atomic E-state index is 0.192. The van der Waals surface area contributed by atoms with Crippen LogP contribution in [-0.4, -0.2) is 28.5 Å². The third-order valence-electron chi connectivity index (χ3n) is 3.55.